The van der Waals surface area contributed by atoms with Crippen molar-refractivity contribution < 1.29 is 19.2 Å². The minimum atomic E-state index is -1.02. The van der Waals surface area contributed by atoms with E-state index in [9.17, 15) is 19.7 Å². The van der Waals surface area contributed by atoms with Crippen LogP contribution in [0.3, 0.4) is 0 Å². The number of nitro groups is 1. The molecule has 2 aromatic rings. The van der Waals surface area contributed by atoms with Crippen molar-refractivity contribution in [2.45, 2.75) is 25.9 Å². The number of para-hydroxylation sites is 1. The molecule has 2 aromatic carbocycles. The van der Waals surface area contributed by atoms with Crippen molar-refractivity contribution in [1.82, 2.24) is 0 Å². The molecule has 0 N–H and O–H groups in total. The maximum absolute atomic E-state index is 12.8. The van der Waals surface area contributed by atoms with Gasteiger partial charge in [0.1, 0.15) is 0 Å². The fraction of sp³-hybridized carbons (Fsp3) is 0.263. The number of rotatable bonds is 4. The maximum Gasteiger partial charge on any atom is 0.340 e. The molecule has 3 rings (SSSR count). The largest absolute Gasteiger partial charge is 0.449 e. The van der Waals surface area contributed by atoms with Gasteiger partial charge < -0.3 is 9.64 Å². The quantitative estimate of drug-likeness (QED) is 0.451. The first-order valence-electron chi connectivity index (χ1n) is 8.42. The van der Waals surface area contributed by atoms with Gasteiger partial charge in [-0.3, -0.25) is 14.9 Å². The highest BCUT2D eigenvalue weighted by Gasteiger charge is 2.29. The van der Waals surface area contributed by atoms with E-state index in [4.69, 9.17) is 16.3 Å². The Morgan fingerprint density at radius 1 is 1.26 bits per heavy atom. The Hall–Kier alpha value is -2.93. The van der Waals surface area contributed by atoms with Gasteiger partial charge in [-0.1, -0.05) is 29.8 Å². The summed E-state index contributed by atoms with van der Waals surface area (Å²) in [6.45, 7) is 2.05. The van der Waals surface area contributed by atoms with Crippen molar-refractivity contribution in [2.24, 2.45) is 0 Å². The summed E-state index contributed by atoms with van der Waals surface area (Å²) in [6.07, 6.45) is 0.708. The van der Waals surface area contributed by atoms with Crippen LogP contribution in [-0.4, -0.2) is 29.4 Å². The second-order valence-electron chi connectivity index (χ2n) is 6.19. The summed E-state index contributed by atoms with van der Waals surface area (Å²) in [7, 11) is 0. The lowest BCUT2D eigenvalue weighted by Crippen LogP contribution is -2.42. The zero-order valence-electron chi connectivity index (χ0n) is 14.6. The average Bonchev–Trinajstić information content (AvgIpc) is 2.66. The number of hydrogen-bond donors (Lipinski definition) is 0. The monoisotopic (exact) mass is 388 g/mol. The third-order valence-corrected chi connectivity index (χ3v) is 4.70. The molecular formula is C19H17ClN2O5. The molecule has 0 spiro atoms. The normalized spacial score (nSPS) is 14.2. The number of ether oxygens (including phenoxy) is 1. The number of fused-ring (bicyclic) bond motifs is 1. The van der Waals surface area contributed by atoms with Crippen molar-refractivity contribution in [2.75, 3.05) is 11.4 Å². The van der Waals surface area contributed by atoms with Gasteiger partial charge in [0.25, 0.3) is 11.6 Å². The first-order chi connectivity index (χ1) is 12.9. The van der Waals surface area contributed by atoms with Crippen LogP contribution in [0.5, 0.6) is 0 Å². The summed E-state index contributed by atoms with van der Waals surface area (Å²) in [5, 5.41) is 10.7. The predicted octanol–water partition coefficient (Wildman–Crippen LogP) is 3.77. The standard InChI is InChI=1S/C19H17ClN2O5/c1-12(18(23)21-10-4-6-13-5-2-3-7-17(13)21)27-19(24)15-9-8-14(22(25)26)11-16(15)20/h2-3,5,7-9,11-12H,4,6,10H2,1H3. The zero-order chi connectivity index (χ0) is 19.6. The SMILES string of the molecule is CC(OC(=O)c1ccc([N+](=O)[O-])cc1Cl)C(=O)N1CCCc2ccccc21. The first kappa shape index (κ1) is 18.8. The van der Waals surface area contributed by atoms with Crippen LogP contribution in [0.4, 0.5) is 11.4 Å². The maximum atomic E-state index is 12.8. The van der Waals surface area contributed by atoms with E-state index < -0.39 is 17.0 Å². The number of amides is 1. The zero-order valence-corrected chi connectivity index (χ0v) is 15.3. The number of nitro benzene ring substituents is 1. The fourth-order valence-electron chi connectivity index (χ4n) is 3.04. The third-order valence-electron chi connectivity index (χ3n) is 4.39. The van der Waals surface area contributed by atoms with Crippen LogP contribution < -0.4 is 4.90 Å². The highest BCUT2D eigenvalue weighted by Crippen LogP contribution is 2.28. The highest BCUT2D eigenvalue weighted by atomic mass is 35.5. The number of halogens is 1. The second-order valence-corrected chi connectivity index (χ2v) is 6.60. The van der Waals surface area contributed by atoms with Crippen LogP contribution in [0.15, 0.2) is 42.5 Å². The molecule has 1 unspecified atom stereocenters. The lowest BCUT2D eigenvalue weighted by atomic mass is 10.0. The molecule has 1 aliphatic heterocycles. The van der Waals surface area contributed by atoms with Gasteiger partial charge in [0.2, 0.25) is 0 Å². The molecule has 1 heterocycles. The molecule has 140 valence electrons. The third kappa shape index (κ3) is 3.93. The van der Waals surface area contributed by atoms with Gasteiger partial charge in [-0.05, 0) is 37.5 Å². The van der Waals surface area contributed by atoms with Gasteiger partial charge in [-0.2, -0.15) is 0 Å². The van der Waals surface area contributed by atoms with Gasteiger partial charge in [0, 0.05) is 24.4 Å². The average molecular weight is 389 g/mol. The molecule has 27 heavy (non-hydrogen) atoms. The molecule has 1 amide bonds. The first-order valence-corrected chi connectivity index (χ1v) is 8.80. The summed E-state index contributed by atoms with van der Waals surface area (Å²) in [5.41, 5.74) is 1.64. The van der Waals surface area contributed by atoms with E-state index in [-0.39, 0.29) is 22.2 Å². The molecule has 0 fully saturated rings. The van der Waals surface area contributed by atoms with Gasteiger partial charge in [-0.15, -0.1) is 0 Å². The van der Waals surface area contributed by atoms with E-state index in [1.807, 2.05) is 24.3 Å². The molecule has 0 bridgehead atoms. The Morgan fingerprint density at radius 3 is 2.70 bits per heavy atom. The summed E-state index contributed by atoms with van der Waals surface area (Å²) in [6, 6.07) is 11.1. The Balaban J connectivity index is 1.74. The number of nitrogens with zero attached hydrogens (tertiary/aromatic N) is 2. The number of esters is 1. The van der Waals surface area contributed by atoms with Crippen molar-refractivity contribution in [1.29, 1.82) is 0 Å². The van der Waals surface area contributed by atoms with Crippen LogP contribution in [-0.2, 0) is 16.0 Å². The molecule has 0 aromatic heterocycles. The molecule has 0 saturated heterocycles. The Labute approximate surface area is 160 Å². The molecule has 8 heteroatoms. The minimum absolute atomic E-state index is 0.0269. The fourth-order valence-corrected chi connectivity index (χ4v) is 3.29. The molecular weight excluding hydrogens is 372 g/mol. The molecule has 0 radical (unpaired) electrons. The van der Waals surface area contributed by atoms with Crippen LogP contribution >= 0.6 is 11.6 Å². The van der Waals surface area contributed by atoms with E-state index in [1.165, 1.54) is 13.0 Å². The molecule has 7 nitrogen and oxygen atoms in total. The number of aryl methyl sites for hydroxylation is 1. The number of benzene rings is 2. The second kappa shape index (κ2) is 7.75. The lowest BCUT2D eigenvalue weighted by Gasteiger charge is -2.31. The minimum Gasteiger partial charge on any atom is -0.449 e. The molecule has 1 atom stereocenters. The molecule has 0 aliphatic carbocycles. The summed E-state index contributed by atoms with van der Waals surface area (Å²) >= 11 is 5.95. The van der Waals surface area contributed by atoms with Crippen LogP contribution in [0.25, 0.3) is 0 Å². The van der Waals surface area contributed by atoms with Crippen LogP contribution in [0, 0.1) is 10.1 Å². The van der Waals surface area contributed by atoms with Gasteiger partial charge in [0.05, 0.1) is 15.5 Å². The van der Waals surface area contributed by atoms with E-state index in [1.54, 1.807) is 4.90 Å². The number of carbonyl (C=O) groups is 2. The molecule has 1 aliphatic rings. The number of anilines is 1. The molecule has 0 saturated carbocycles. The lowest BCUT2D eigenvalue weighted by molar-refractivity contribution is -0.384. The topological polar surface area (TPSA) is 89.7 Å². The van der Waals surface area contributed by atoms with Gasteiger partial charge in [0.15, 0.2) is 6.10 Å². The number of carbonyl (C=O) groups excluding carboxylic acids is 2. The van der Waals surface area contributed by atoms with Gasteiger partial charge >= 0.3 is 5.97 Å². The van der Waals surface area contributed by atoms with Crippen molar-refractivity contribution >= 4 is 34.9 Å². The Bertz CT molecular complexity index is 915. The summed E-state index contributed by atoms with van der Waals surface area (Å²) in [5.74, 6) is -1.13. The van der Waals surface area contributed by atoms with E-state index in [2.05, 4.69) is 0 Å². The van der Waals surface area contributed by atoms with Crippen LogP contribution in [0.1, 0.15) is 29.3 Å². The smallest absolute Gasteiger partial charge is 0.340 e. The van der Waals surface area contributed by atoms with Crippen LogP contribution in [0.2, 0.25) is 5.02 Å². The van der Waals surface area contributed by atoms with E-state index >= 15 is 0 Å². The van der Waals surface area contributed by atoms with Crippen molar-refractivity contribution in [3.63, 3.8) is 0 Å². The summed E-state index contributed by atoms with van der Waals surface area (Å²) in [4.78, 5) is 36.9. The van der Waals surface area contributed by atoms with Crippen molar-refractivity contribution in [3.8, 4) is 0 Å². The Kier molecular flexibility index (Phi) is 5.41. The van der Waals surface area contributed by atoms with E-state index in [0.717, 1.165) is 36.2 Å². The predicted molar refractivity (Wildman–Crippen MR) is 100 cm³/mol. The number of hydrogen-bond acceptors (Lipinski definition) is 5. The summed E-state index contributed by atoms with van der Waals surface area (Å²) < 4.78 is 5.26. The highest BCUT2D eigenvalue weighted by molar-refractivity contribution is 6.33. The van der Waals surface area contributed by atoms with Gasteiger partial charge in [-0.25, -0.2) is 4.79 Å². The Morgan fingerprint density at radius 2 is 2.00 bits per heavy atom. The van der Waals surface area contributed by atoms with E-state index in [0.29, 0.717) is 6.54 Å². The van der Waals surface area contributed by atoms with Crippen molar-refractivity contribution in [3.05, 3.63) is 68.7 Å². The number of non-ortho nitro benzene ring substituents is 1.